The number of allylic oxidation sites excluding steroid dienone is 4. The molecule has 0 aromatic heterocycles. The molecule has 2 aliphatic rings. The molecule has 1 heterocycles. The van der Waals surface area contributed by atoms with Crippen molar-refractivity contribution in [2.75, 3.05) is 20.1 Å². The van der Waals surface area contributed by atoms with Crippen molar-refractivity contribution in [2.45, 2.75) is 84.1 Å². The zero-order chi connectivity index (χ0) is 23.5. The van der Waals surface area contributed by atoms with Crippen LogP contribution in [0, 0.1) is 11.3 Å². The molecule has 1 aliphatic carbocycles. The largest absolute Gasteiger partial charge is 0.303 e. The van der Waals surface area contributed by atoms with Crippen molar-refractivity contribution in [1.29, 1.82) is 5.41 Å². The van der Waals surface area contributed by atoms with Gasteiger partial charge in [-0.3, -0.25) is 9.98 Å². The molecular weight excluding hydrogens is 392 g/mol. The molecule has 32 heavy (non-hydrogen) atoms. The summed E-state index contributed by atoms with van der Waals surface area (Å²) in [6.45, 7) is 17.8. The third kappa shape index (κ3) is 7.51. The number of aliphatic imine (C=N–C) groups is 2. The van der Waals surface area contributed by atoms with Crippen molar-refractivity contribution in [2.24, 2.45) is 15.9 Å². The van der Waals surface area contributed by atoms with E-state index in [1.807, 2.05) is 6.08 Å². The number of likely N-dealkylation sites (tertiary alicyclic amines) is 1. The second kappa shape index (κ2) is 13.5. The first-order chi connectivity index (χ1) is 15.4. The minimum atomic E-state index is 0.416. The molecule has 0 bridgehead atoms. The van der Waals surface area contributed by atoms with Crippen LogP contribution in [0.2, 0.25) is 0 Å². The van der Waals surface area contributed by atoms with Gasteiger partial charge in [-0.1, -0.05) is 44.1 Å². The van der Waals surface area contributed by atoms with Gasteiger partial charge in [-0.05, 0) is 96.3 Å². The van der Waals surface area contributed by atoms with E-state index < -0.39 is 0 Å². The van der Waals surface area contributed by atoms with Crippen molar-refractivity contribution >= 4 is 18.1 Å². The zero-order valence-electron chi connectivity index (χ0n) is 20.8. The van der Waals surface area contributed by atoms with Crippen LogP contribution in [0.1, 0.15) is 78.1 Å². The minimum Gasteiger partial charge on any atom is -0.303 e. The topological polar surface area (TPSA) is 51.8 Å². The first kappa shape index (κ1) is 26.2. The molecule has 176 valence electrons. The standard InChI is InChI=1S/C28H44N4/c1-7-12-27(22(4)26-15-10-9-13-21(26)3)28(29)20-31-24(19-23(8-2)30-5)16-17-25-14-11-18-32(25)6/h8,19,25-26,29H,2-3,5,7,9-18,20H2,1,4,6H3/b23-19-,27-22+,29-28?,31-24?/t25-,26?/m0/s1. The Morgan fingerprint density at radius 2 is 2.00 bits per heavy atom. The van der Waals surface area contributed by atoms with E-state index in [9.17, 15) is 0 Å². The van der Waals surface area contributed by atoms with Crippen LogP contribution in [0.25, 0.3) is 0 Å². The molecule has 1 saturated carbocycles. The zero-order valence-corrected chi connectivity index (χ0v) is 20.8. The maximum Gasteiger partial charge on any atom is 0.0810 e. The minimum absolute atomic E-state index is 0.416. The van der Waals surface area contributed by atoms with Crippen LogP contribution in [-0.4, -0.2) is 49.2 Å². The molecule has 0 amide bonds. The second-order valence-corrected chi connectivity index (χ2v) is 9.40. The summed E-state index contributed by atoms with van der Waals surface area (Å²) in [4.78, 5) is 11.4. The average Bonchev–Trinajstić information content (AvgIpc) is 3.21. The van der Waals surface area contributed by atoms with E-state index in [4.69, 9.17) is 10.4 Å². The Balaban J connectivity index is 2.20. The fourth-order valence-electron chi connectivity index (χ4n) is 5.12. The Hall–Kier alpha value is -2.07. The predicted octanol–water partition coefficient (Wildman–Crippen LogP) is 6.96. The van der Waals surface area contributed by atoms with Gasteiger partial charge in [0.2, 0.25) is 0 Å². The summed E-state index contributed by atoms with van der Waals surface area (Å²) in [5, 5.41) is 8.88. The highest BCUT2D eigenvalue weighted by atomic mass is 15.1. The number of nitrogens with one attached hydrogen (secondary N) is 1. The van der Waals surface area contributed by atoms with Crippen molar-refractivity contribution in [3.05, 3.63) is 47.7 Å². The van der Waals surface area contributed by atoms with Crippen LogP contribution in [-0.2, 0) is 0 Å². The lowest BCUT2D eigenvalue weighted by Gasteiger charge is -2.28. The molecule has 1 saturated heterocycles. The normalized spacial score (nSPS) is 23.8. The van der Waals surface area contributed by atoms with E-state index in [1.165, 1.54) is 55.4 Å². The molecule has 4 nitrogen and oxygen atoms in total. The molecule has 0 aromatic carbocycles. The molecule has 2 rings (SSSR count). The van der Waals surface area contributed by atoms with Gasteiger partial charge in [0.05, 0.1) is 18.0 Å². The summed E-state index contributed by atoms with van der Waals surface area (Å²) in [6, 6.07) is 0.618. The summed E-state index contributed by atoms with van der Waals surface area (Å²) in [7, 11) is 2.21. The summed E-state index contributed by atoms with van der Waals surface area (Å²) >= 11 is 0. The summed E-state index contributed by atoms with van der Waals surface area (Å²) in [5.74, 6) is 0.434. The summed E-state index contributed by atoms with van der Waals surface area (Å²) < 4.78 is 0. The summed E-state index contributed by atoms with van der Waals surface area (Å²) in [5.41, 5.74) is 6.27. The molecule has 2 atom stereocenters. The number of hydrogen-bond donors (Lipinski definition) is 1. The third-order valence-electron chi connectivity index (χ3n) is 7.15. The highest BCUT2D eigenvalue weighted by molar-refractivity contribution is 6.03. The van der Waals surface area contributed by atoms with Crippen LogP contribution in [0.15, 0.2) is 57.7 Å². The Labute approximate surface area is 196 Å². The fourth-order valence-corrected chi connectivity index (χ4v) is 5.12. The Bertz CT molecular complexity index is 773. The maximum atomic E-state index is 8.88. The van der Waals surface area contributed by atoms with E-state index in [2.05, 4.69) is 50.7 Å². The monoisotopic (exact) mass is 436 g/mol. The van der Waals surface area contributed by atoms with Gasteiger partial charge >= 0.3 is 0 Å². The lowest BCUT2D eigenvalue weighted by atomic mass is 9.78. The smallest absolute Gasteiger partial charge is 0.0810 e. The van der Waals surface area contributed by atoms with E-state index in [0.29, 0.717) is 24.2 Å². The fraction of sp³-hybridized carbons (Fsp3) is 0.607. The maximum absolute atomic E-state index is 8.88. The molecule has 1 N–H and O–H groups in total. The molecule has 0 aromatic rings. The second-order valence-electron chi connectivity index (χ2n) is 9.40. The van der Waals surface area contributed by atoms with Gasteiger partial charge in [-0.15, -0.1) is 0 Å². The third-order valence-corrected chi connectivity index (χ3v) is 7.15. The average molecular weight is 437 g/mol. The van der Waals surface area contributed by atoms with Gasteiger partial charge in [0.25, 0.3) is 0 Å². The first-order valence-electron chi connectivity index (χ1n) is 12.4. The number of rotatable bonds is 12. The quantitative estimate of drug-likeness (QED) is 0.201. The van der Waals surface area contributed by atoms with Crippen LogP contribution in [0.5, 0.6) is 0 Å². The predicted molar refractivity (Wildman–Crippen MR) is 141 cm³/mol. The molecule has 2 fully saturated rings. The molecular formula is C28H44N4. The van der Waals surface area contributed by atoms with E-state index in [-0.39, 0.29) is 0 Å². The molecule has 1 aliphatic heterocycles. The van der Waals surface area contributed by atoms with E-state index >= 15 is 0 Å². The number of nitrogens with zero attached hydrogens (tertiary/aromatic N) is 3. The van der Waals surface area contributed by atoms with Crippen LogP contribution in [0.4, 0.5) is 0 Å². The highest BCUT2D eigenvalue weighted by Gasteiger charge is 2.23. The Morgan fingerprint density at radius 1 is 1.22 bits per heavy atom. The molecule has 0 radical (unpaired) electrons. The lowest BCUT2D eigenvalue weighted by molar-refractivity contribution is 0.300. The van der Waals surface area contributed by atoms with Crippen molar-refractivity contribution in [3.8, 4) is 0 Å². The highest BCUT2D eigenvalue weighted by Crippen LogP contribution is 2.35. The lowest BCUT2D eigenvalue weighted by Crippen LogP contribution is -2.25. The van der Waals surface area contributed by atoms with Crippen molar-refractivity contribution in [3.63, 3.8) is 0 Å². The molecule has 0 spiro atoms. The molecule has 1 unspecified atom stereocenters. The van der Waals surface area contributed by atoms with E-state index in [1.54, 1.807) is 6.08 Å². The van der Waals surface area contributed by atoms with Gasteiger partial charge in [0.15, 0.2) is 0 Å². The SMILES string of the molecule is C=C/C(=C/C(CC[C@@H]1CCCN1C)=NCC(=N)/C(CCC)=C(\C)C1CCCCC1=C)N=C. The van der Waals surface area contributed by atoms with Crippen LogP contribution >= 0.6 is 0 Å². The summed E-state index contributed by atoms with van der Waals surface area (Å²) in [6.07, 6.45) is 15.0. The van der Waals surface area contributed by atoms with Gasteiger partial charge in [-0.25, -0.2) is 0 Å². The van der Waals surface area contributed by atoms with Gasteiger partial charge in [-0.2, -0.15) is 0 Å². The van der Waals surface area contributed by atoms with Crippen molar-refractivity contribution < 1.29 is 0 Å². The van der Waals surface area contributed by atoms with Gasteiger partial charge in [0, 0.05) is 17.7 Å². The Morgan fingerprint density at radius 3 is 2.59 bits per heavy atom. The van der Waals surface area contributed by atoms with Gasteiger partial charge < -0.3 is 10.3 Å². The number of hydrogen-bond acceptors (Lipinski definition) is 4. The van der Waals surface area contributed by atoms with Gasteiger partial charge in [0.1, 0.15) is 0 Å². The first-order valence-corrected chi connectivity index (χ1v) is 12.4. The van der Waals surface area contributed by atoms with Crippen LogP contribution < -0.4 is 0 Å². The molecule has 4 heteroatoms. The van der Waals surface area contributed by atoms with E-state index in [0.717, 1.165) is 43.5 Å². The van der Waals surface area contributed by atoms with Crippen molar-refractivity contribution in [1.82, 2.24) is 4.90 Å². The Kier molecular flexibility index (Phi) is 11.0. The van der Waals surface area contributed by atoms with Crippen LogP contribution in [0.3, 0.4) is 0 Å².